The Labute approximate surface area is 92.5 Å². The first-order valence-electron chi connectivity index (χ1n) is 6.02. The van der Waals surface area contributed by atoms with Gasteiger partial charge in [-0.15, -0.1) is 0 Å². The van der Waals surface area contributed by atoms with E-state index in [1.165, 1.54) is 43.2 Å². The highest BCUT2D eigenvalue weighted by Crippen LogP contribution is 2.18. The van der Waals surface area contributed by atoms with Crippen LogP contribution in [0.5, 0.6) is 0 Å². The van der Waals surface area contributed by atoms with Gasteiger partial charge in [0.25, 0.3) is 0 Å². The summed E-state index contributed by atoms with van der Waals surface area (Å²) in [7, 11) is 0. The Balaban J connectivity index is 1.71. The Hall–Kier alpha value is -0.820. The van der Waals surface area contributed by atoms with Crippen LogP contribution in [0.4, 0.5) is 0 Å². The third kappa shape index (κ3) is 3.35. The van der Waals surface area contributed by atoms with E-state index in [1.807, 2.05) is 0 Å². The summed E-state index contributed by atoms with van der Waals surface area (Å²) in [6, 6.07) is 8.87. The number of rotatable bonds is 4. The molecule has 1 aromatic carbocycles. The zero-order valence-electron chi connectivity index (χ0n) is 9.54. The predicted molar refractivity (Wildman–Crippen MR) is 63.1 cm³/mol. The smallest absolute Gasteiger partial charge is 0.0576 e. The third-order valence-electron chi connectivity index (χ3n) is 3.14. The van der Waals surface area contributed by atoms with Crippen molar-refractivity contribution in [3.63, 3.8) is 0 Å². The molecule has 0 N–H and O–H groups in total. The fourth-order valence-corrected chi connectivity index (χ4v) is 2.16. The van der Waals surface area contributed by atoms with Gasteiger partial charge < -0.3 is 4.74 Å². The van der Waals surface area contributed by atoms with E-state index in [0.717, 1.165) is 6.61 Å². The lowest BCUT2D eigenvalue weighted by Crippen LogP contribution is -2.04. The Bertz CT molecular complexity index is 283. The summed E-state index contributed by atoms with van der Waals surface area (Å²) in [5, 5.41) is 0. The van der Waals surface area contributed by atoms with E-state index in [2.05, 4.69) is 31.2 Å². The molecule has 1 heterocycles. The fourth-order valence-electron chi connectivity index (χ4n) is 2.16. The van der Waals surface area contributed by atoms with Gasteiger partial charge in [0.2, 0.25) is 0 Å². The lowest BCUT2D eigenvalue weighted by molar-refractivity contribution is 0.102. The zero-order valence-corrected chi connectivity index (χ0v) is 9.54. The van der Waals surface area contributed by atoms with Crippen LogP contribution in [0.25, 0.3) is 0 Å². The molecule has 1 aliphatic heterocycles. The van der Waals surface area contributed by atoms with Crippen LogP contribution in [0, 0.1) is 6.92 Å². The van der Waals surface area contributed by atoms with E-state index in [4.69, 9.17) is 4.74 Å². The van der Waals surface area contributed by atoms with Crippen LogP contribution in [0.3, 0.4) is 0 Å². The second-order valence-electron chi connectivity index (χ2n) is 4.51. The molecule has 1 fully saturated rings. The molecule has 1 nitrogen and oxygen atoms in total. The molecule has 82 valence electrons. The molecule has 0 aromatic heterocycles. The molecule has 0 spiro atoms. The van der Waals surface area contributed by atoms with E-state index in [1.54, 1.807) is 0 Å². The first kappa shape index (κ1) is 10.7. The molecule has 1 aromatic rings. The van der Waals surface area contributed by atoms with Gasteiger partial charge in [0.1, 0.15) is 0 Å². The van der Waals surface area contributed by atoms with Gasteiger partial charge in [-0.3, -0.25) is 0 Å². The highest BCUT2D eigenvalue weighted by Gasteiger charge is 2.14. The molecule has 1 saturated heterocycles. The molecular formula is C14H20O. The van der Waals surface area contributed by atoms with Crippen molar-refractivity contribution in [1.29, 1.82) is 0 Å². The summed E-state index contributed by atoms with van der Waals surface area (Å²) in [5.41, 5.74) is 2.80. The molecular weight excluding hydrogens is 184 g/mol. The van der Waals surface area contributed by atoms with E-state index >= 15 is 0 Å². The van der Waals surface area contributed by atoms with Crippen molar-refractivity contribution in [2.24, 2.45) is 0 Å². The topological polar surface area (TPSA) is 9.23 Å². The summed E-state index contributed by atoms with van der Waals surface area (Å²) in [5.74, 6) is 0. The lowest BCUT2D eigenvalue weighted by Gasteiger charge is -2.08. The highest BCUT2D eigenvalue weighted by molar-refractivity contribution is 5.21. The van der Waals surface area contributed by atoms with Crippen molar-refractivity contribution in [2.75, 3.05) is 6.61 Å². The van der Waals surface area contributed by atoms with Crippen molar-refractivity contribution < 1.29 is 4.74 Å². The molecule has 2 rings (SSSR count). The number of ether oxygens (including phenoxy) is 1. The molecule has 0 amide bonds. The molecule has 1 aliphatic rings. The van der Waals surface area contributed by atoms with Crippen LogP contribution in [0.2, 0.25) is 0 Å². The van der Waals surface area contributed by atoms with Crippen molar-refractivity contribution in [3.05, 3.63) is 35.4 Å². The second-order valence-corrected chi connectivity index (χ2v) is 4.51. The minimum absolute atomic E-state index is 0.551. The molecule has 1 heteroatoms. The van der Waals surface area contributed by atoms with Gasteiger partial charge in [-0.2, -0.15) is 0 Å². The molecule has 0 saturated carbocycles. The summed E-state index contributed by atoms with van der Waals surface area (Å²) < 4.78 is 5.61. The second kappa shape index (κ2) is 5.32. The zero-order chi connectivity index (χ0) is 10.5. The van der Waals surface area contributed by atoms with Crippen LogP contribution in [0.15, 0.2) is 24.3 Å². The maximum atomic E-state index is 5.61. The first-order valence-corrected chi connectivity index (χ1v) is 6.02. The minimum Gasteiger partial charge on any atom is -0.378 e. The van der Waals surface area contributed by atoms with Crippen molar-refractivity contribution in [1.82, 2.24) is 0 Å². The Morgan fingerprint density at radius 2 is 2.07 bits per heavy atom. The van der Waals surface area contributed by atoms with E-state index in [0.29, 0.717) is 6.10 Å². The minimum atomic E-state index is 0.551. The predicted octanol–water partition coefficient (Wildman–Crippen LogP) is 3.50. The quantitative estimate of drug-likeness (QED) is 0.729. The normalized spacial score (nSPS) is 20.7. The number of hydrogen-bond acceptors (Lipinski definition) is 1. The number of aryl methyl sites for hydroxylation is 2. The third-order valence-corrected chi connectivity index (χ3v) is 3.14. The van der Waals surface area contributed by atoms with Crippen molar-refractivity contribution in [3.8, 4) is 0 Å². The molecule has 0 bridgehead atoms. The highest BCUT2D eigenvalue weighted by atomic mass is 16.5. The van der Waals surface area contributed by atoms with Crippen LogP contribution >= 0.6 is 0 Å². The van der Waals surface area contributed by atoms with Gasteiger partial charge in [0, 0.05) is 6.61 Å². The summed E-state index contributed by atoms with van der Waals surface area (Å²) in [6.45, 7) is 3.12. The lowest BCUT2D eigenvalue weighted by atomic mass is 10.0. The van der Waals surface area contributed by atoms with Gasteiger partial charge in [-0.1, -0.05) is 29.8 Å². The van der Waals surface area contributed by atoms with Crippen LogP contribution < -0.4 is 0 Å². The molecule has 1 unspecified atom stereocenters. The van der Waals surface area contributed by atoms with Gasteiger partial charge in [-0.25, -0.2) is 0 Å². The van der Waals surface area contributed by atoms with Crippen LogP contribution in [-0.4, -0.2) is 12.7 Å². The first-order chi connectivity index (χ1) is 7.34. The van der Waals surface area contributed by atoms with Gasteiger partial charge >= 0.3 is 0 Å². The average Bonchev–Trinajstić information content (AvgIpc) is 2.74. The van der Waals surface area contributed by atoms with Crippen LogP contribution in [0.1, 0.15) is 36.8 Å². The van der Waals surface area contributed by atoms with Gasteiger partial charge in [0.05, 0.1) is 6.10 Å². The SMILES string of the molecule is Cc1ccc(CCCC2CCCO2)cc1. The standard InChI is InChI=1S/C14H20O/c1-12-7-9-13(10-8-12)4-2-5-14-6-3-11-15-14/h7-10,14H,2-6,11H2,1H3. The Morgan fingerprint density at radius 1 is 1.27 bits per heavy atom. The van der Waals surface area contributed by atoms with Crippen molar-refractivity contribution >= 4 is 0 Å². The largest absolute Gasteiger partial charge is 0.378 e. The van der Waals surface area contributed by atoms with Gasteiger partial charge in [0.15, 0.2) is 0 Å². The monoisotopic (exact) mass is 204 g/mol. The van der Waals surface area contributed by atoms with Crippen LogP contribution in [-0.2, 0) is 11.2 Å². The maximum Gasteiger partial charge on any atom is 0.0576 e. The summed E-state index contributed by atoms with van der Waals surface area (Å²) in [6.07, 6.45) is 6.76. The van der Waals surface area contributed by atoms with E-state index < -0.39 is 0 Å². The van der Waals surface area contributed by atoms with Crippen molar-refractivity contribution in [2.45, 2.75) is 45.1 Å². The number of hydrogen-bond donors (Lipinski definition) is 0. The molecule has 0 radical (unpaired) electrons. The molecule has 0 aliphatic carbocycles. The molecule has 15 heavy (non-hydrogen) atoms. The summed E-state index contributed by atoms with van der Waals surface area (Å²) in [4.78, 5) is 0. The van der Waals surface area contributed by atoms with Gasteiger partial charge in [-0.05, 0) is 44.6 Å². The Morgan fingerprint density at radius 3 is 2.73 bits per heavy atom. The fraction of sp³-hybridized carbons (Fsp3) is 0.571. The molecule has 1 atom stereocenters. The van der Waals surface area contributed by atoms with E-state index in [-0.39, 0.29) is 0 Å². The Kier molecular flexibility index (Phi) is 3.79. The summed E-state index contributed by atoms with van der Waals surface area (Å²) >= 11 is 0. The van der Waals surface area contributed by atoms with E-state index in [9.17, 15) is 0 Å². The average molecular weight is 204 g/mol. The number of benzene rings is 1. The maximum absolute atomic E-state index is 5.61.